The van der Waals surface area contributed by atoms with Crippen LogP contribution in [-0.4, -0.2) is 83.6 Å². The number of piperazine rings is 1. The van der Waals surface area contributed by atoms with Gasteiger partial charge in [0.2, 0.25) is 0 Å². The molecular weight excluding hydrogens is 619 g/mol. The number of fused-ring (bicyclic) bond motifs is 3. The Hall–Kier alpha value is -4.37. The summed E-state index contributed by atoms with van der Waals surface area (Å²) in [6.07, 6.45) is 11.3. The molecule has 11 heteroatoms. The molecule has 3 saturated heterocycles. The molecule has 4 aromatic rings. The van der Waals surface area contributed by atoms with Crippen molar-refractivity contribution in [3.05, 3.63) is 65.5 Å². The van der Waals surface area contributed by atoms with E-state index in [1.807, 2.05) is 0 Å². The second-order valence-electron chi connectivity index (χ2n) is 13.4. The summed E-state index contributed by atoms with van der Waals surface area (Å²) in [5.74, 6) is 1.53. The smallest absolute Gasteiger partial charge is 0.319 e. The molecule has 3 aliphatic heterocycles. The minimum Gasteiger partial charge on any atom is -0.508 e. The van der Waals surface area contributed by atoms with Gasteiger partial charge in [0.25, 0.3) is 0 Å². The van der Waals surface area contributed by atoms with E-state index in [4.69, 9.17) is 20.9 Å². The predicted molar refractivity (Wildman–Crippen MR) is 178 cm³/mol. The van der Waals surface area contributed by atoms with E-state index >= 15 is 4.39 Å². The van der Waals surface area contributed by atoms with Gasteiger partial charge < -0.3 is 24.8 Å². The summed E-state index contributed by atoms with van der Waals surface area (Å²) < 4.78 is 57.7. The zero-order valence-corrected chi connectivity index (χ0v) is 26.4. The Labute approximate surface area is 276 Å². The van der Waals surface area contributed by atoms with Gasteiger partial charge in [0, 0.05) is 48.6 Å². The fourth-order valence-corrected chi connectivity index (χ4v) is 7.69. The molecule has 48 heavy (non-hydrogen) atoms. The molecule has 2 atom stereocenters. The maximum atomic E-state index is 16.9. The Balaban J connectivity index is 1.23. The van der Waals surface area contributed by atoms with Crippen LogP contribution in [-0.2, 0) is 4.74 Å². The number of aromatic nitrogens is 2. The summed E-state index contributed by atoms with van der Waals surface area (Å²) in [5.41, 5.74) is 0.724. The molecule has 2 unspecified atom stereocenters. The van der Waals surface area contributed by atoms with E-state index in [-0.39, 0.29) is 52.2 Å². The van der Waals surface area contributed by atoms with Crippen LogP contribution in [0.2, 0.25) is 0 Å². The summed E-state index contributed by atoms with van der Waals surface area (Å²) in [7, 11) is 0. The number of nitrogens with zero attached hydrogens (tertiary/aromatic N) is 4. The van der Waals surface area contributed by atoms with Crippen molar-refractivity contribution in [3.8, 4) is 35.2 Å². The number of phenols is 1. The van der Waals surface area contributed by atoms with Gasteiger partial charge in [0.05, 0.1) is 30.1 Å². The van der Waals surface area contributed by atoms with Crippen molar-refractivity contribution in [1.82, 2.24) is 20.2 Å². The molecule has 8 rings (SSSR count). The van der Waals surface area contributed by atoms with Crippen molar-refractivity contribution in [2.24, 2.45) is 0 Å². The monoisotopic (exact) mass is 655 g/mol. The quantitative estimate of drug-likeness (QED) is 0.229. The average molecular weight is 656 g/mol. The van der Waals surface area contributed by atoms with Gasteiger partial charge in [-0.1, -0.05) is 18.1 Å². The van der Waals surface area contributed by atoms with Gasteiger partial charge in [-0.3, -0.25) is 4.90 Å². The average Bonchev–Trinajstić information content (AvgIpc) is 3.75. The third kappa shape index (κ3) is 5.51. The molecule has 2 N–H and O–H groups in total. The molecule has 0 bridgehead atoms. The molecule has 0 amide bonds. The van der Waals surface area contributed by atoms with Crippen LogP contribution < -0.4 is 15.0 Å². The van der Waals surface area contributed by atoms with E-state index in [0.717, 1.165) is 37.8 Å². The van der Waals surface area contributed by atoms with Crippen molar-refractivity contribution >= 4 is 27.5 Å². The molecule has 0 spiro atoms. The zero-order chi connectivity index (χ0) is 33.0. The van der Waals surface area contributed by atoms with Crippen LogP contribution in [0.25, 0.3) is 32.8 Å². The fraction of sp³-hybridized carbons (Fsp3) is 0.405. The maximum Gasteiger partial charge on any atom is 0.319 e. The zero-order valence-electron chi connectivity index (χ0n) is 26.4. The molecule has 4 heterocycles. The van der Waals surface area contributed by atoms with Crippen LogP contribution in [0.5, 0.6) is 11.8 Å². The van der Waals surface area contributed by atoms with Gasteiger partial charge in [0.15, 0.2) is 5.82 Å². The van der Waals surface area contributed by atoms with Crippen LogP contribution in [0.1, 0.15) is 37.7 Å². The Morgan fingerprint density at radius 1 is 1.12 bits per heavy atom. The second kappa shape index (κ2) is 12.3. The van der Waals surface area contributed by atoms with Crippen molar-refractivity contribution < 1.29 is 27.8 Å². The number of benzene rings is 3. The molecule has 4 fully saturated rings. The number of anilines is 1. The number of hydrogen-bond donors (Lipinski definition) is 2. The third-order valence-corrected chi connectivity index (χ3v) is 10.2. The van der Waals surface area contributed by atoms with Crippen LogP contribution >= 0.6 is 0 Å². The van der Waals surface area contributed by atoms with Crippen LogP contribution in [0.15, 0.2) is 48.3 Å². The predicted octanol–water partition coefficient (Wildman–Crippen LogP) is 5.84. The minimum absolute atomic E-state index is 0.0201. The van der Waals surface area contributed by atoms with Gasteiger partial charge in [-0.15, -0.1) is 6.42 Å². The molecule has 4 aliphatic rings. The lowest BCUT2D eigenvalue weighted by molar-refractivity contribution is 0.0961. The first-order valence-electron chi connectivity index (χ1n) is 16.5. The van der Waals surface area contributed by atoms with Crippen LogP contribution in [0.3, 0.4) is 0 Å². The van der Waals surface area contributed by atoms with Crippen molar-refractivity contribution in [1.29, 1.82) is 0 Å². The summed E-state index contributed by atoms with van der Waals surface area (Å²) in [5, 5.41) is 15.4. The number of halogens is 3. The minimum atomic E-state index is -0.673. The molecule has 3 aromatic carbocycles. The fourth-order valence-electron chi connectivity index (χ4n) is 7.69. The van der Waals surface area contributed by atoms with Crippen LogP contribution in [0, 0.1) is 24.0 Å². The lowest BCUT2D eigenvalue weighted by atomic mass is 9.93. The highest BCUT2D eigenvalue weighted by Gasteiger charge is 2.47. The second-order valence-corrected chi connectivity index (χ2v) is 13.4. The van der Waals surface area contributed by atoms with E-state index in [1.54, 1.807) is 12.1 Å². The van der Waals surface area contributed by atoms with Crippen molar-refractivity contribution in [2.45, 2.75) is 49.8 Å². The summed E-state index contributed by atoms with van der Waals surface area (Å²) in [4.78, 5) is 13.8. The molecule has 1 saturated carbocycles. The number of phenolic OH excluding ortho intramolecular Hbond substituents is 1. The third-order valence-electron chi connectivity index (χ3n) is 10.2. The van der Waals surface area contributed by atoms with E-state index in [9.17, 15) is 13.9 Å². The first kappa shape index (κ1) is 30.9. The Kier molecular flexibility index (Phi) is 7.90. The molecular formula is C37H36F3N5O3. The summed E-state index contributed by atoms with van der Waals surface area (Å²) in [6, 6.07) is 9.02. The number of hydrogen-bond acceptors (Lipinski definition) is 8. The normalized spacial score (nSPS) is 23.7. The van der Waals surface area contributed by atoms with Crippen molar-refractivity contribution in [3.63, 3.8) is 0 Å². The SMILES string of the molecule is C#Cc1c(F)ccc2cc(O)cc(-c3ccc4c(N5CCNC(COC6CC6)C5)nc(OCC56CCCN5C/C(=C\F)C6)nc4c3F)c12. The molecule has 8 nitrogen and oxygen atoms in total. The van der Waals surface area contributed by atoms with E-state index in [2.05, 4.69) is 26.0 Å². The van der Waals surface area contributed by atoms with E-state index < -0.39 is 11.6 Å². The van der Waals surface area contributed by atoms with Gasteiger partial charge >= 0.3 is 6.01 Å². The summed E-state index contributed by atoms with van der Waals surface area (Å²) >= 11 is 0. The van der Waals surface area contributed by atoms with E-state index in [0.29, 0.717) is 73.6 Å². The number of nitrogens with one attached hydrogen (secondary N) is 1. The standard InChI is InChI=1S/C37H36F3N5O3/c1-2-27-31(39)9-4-23-14-25(46)15-30(32(23)27)28-7-8-29-34(33(28)40)42-36(48-21-37-10-3-12-45(37)18-22(16-37)17-38)43-35(29)44-13-11-41-24(19-44)20-47-26-5-6-26/h1,4,7-9,14-15,17,24,26,41,46H,3,5-6,10-13,16,18-21H2/b22-17-. The lowest BCUT2D eigenvalue weighted by Gasteiger charge is -2.35. The largest absolute Gasteiger partial charge is 0.508 e. The van der Waals surface area contributed by atoms with E-state index in [1.165, 1.54) is 24.3 Å². The molecule has 0 radical (unpaired) electrons. The first-order chi connectivity index (χ1) is 23.4. The highest BCUT2D eigenvalue weighted by molar-refractivity contribution is 6.04. The van der Waals surface area contributed by atoms with Crippen molar-refractivity contribution in [2.75, 3.05) is 50.8 Å². The van der Waals surface area contributed by atoms with Gasteiger partial charge in [-0.2, -0.15) is 9.97 Å². The Morgan fingerprint density at radius 3 is 2.81 bits per heavy atom. The van der Waals surface area contributed by atoms with Gasteiger partial charge in [0.1, 0.15) is 29.5 Å². The highest BCUT2D eigenvalue weighted by atomic mass is 19.1. The van der Waals surface area contributed by atoms with Crippen LogP contribution in [0.4, 0.5) is 19.0 Å². The Morgan fingerprint density at radius 2 is 2.00 bits per heavy atom. The first-order valence-corrected chi connectivity index (χ1v) is 16.5. The molecule has 248 valence electrons. The number of terminal acetylenes is 1. The van der Waals surface area contributed by atoms with Gasteiger partial charge in [-0.05, 0) is 79.4 Å². The Bertz CT molecular complexity index is 1990. The number of ether oxygens (including phenoxy) is 2. The molecule has 1 aliphatic carbocycles. The summed E-state index contributed by atoms with van der Waals surface area (Å²) in [6.45, 7) is 4.11. The number of rotatable bonds is 8. The maximum absolute atomic E-state index is 16.9. The lowest BCUT2D eigenvalue weighted by Crippen LogP contribution is -2.53. The number of aromatic hydroxyl groups is 1. The topological polar surface area (TPSA) is 83.0 Å². The highest BCUT2D eigenvalue weighted by Crippen LogP contribution is 2.43. The van der Waals surface area contributed by atoms with Gasteiger partial charge in [-0.25, -0.2) is 13.2 Å². The molecule has 1 aromatic heterocycles.